The molecule has 0 bridgehead atoms. The lowest BCUT2D eigenvalue weighted by molar-refractivity contribution is 0.595. The van der Waals surface area contributed by atoms with Crippen molar-refractivity contribution in [3.63, 3.8) is 0 Å². The van der Waals surface area contributed by atoms with E-state index in [0.717, 1.165) is 11.3 Å². The van der Waals surface area contributed by atoms with Gasteiger partial charge in [0.05, 0.1) is 17.6 Å². The summed E-state index contributed by atoms with van der Waals surface area (Å²) in [4.78, 5) is 16.5. The molecular formula is C14H13N5O. The van der Waals surface area contributed by atoms with Gasteiger partial charge in [0, 0.05) is 12.7 Å². The van der Waals surface area contributed by atoms with E-state index >= 15 is 0 Å². The summed E-state index contributed by atoms with van der Waals surface area (Å²) in [7, 11) is 0. The number of nitrogens with zero attached hydrogens (tertiary/aromatic N) is 4. The zero-order valence-corrected chi connectivity index (χ0v) is 10.7. The van der Waals surface area contributed by atoms with E-state index in [9.17, 15) is 4.79 Å². The van der Waals surface area contributed by atoms with Crippen molar-refractivity contribution in [1.82, 2.24) is 20.0 Å². The minimum atomic E-state index is -0.164. The molecule has 3 rings (SSSR count). The number of hydrogen-bond donors (Lipinski definition) is 1. The van der Waals surface area contributed by atoms with Gasteiger partial charge in [-0.25, -0.2) is 4.68 Å². The molecule has 0 aliphatic carbocycles. The summed E-state index contributed by atoms with van der Waals surface area (Å²) in [5, 5.41) is 8.57. The summed E-state index contributed by atoms with van der Waals surface area (Å²) in [6.07, 6.45) is 1.68. The molecule has 0 radical (unpaired) electrons. The molecule has 0 atom stereocenters. The average molecular weight is 267 g/mol. The molecule has 3 aromatic rings. The fraction of sp³-hybridized carbons (Fsp3) is 0.143. The molecule has 6 heteroatoms. The summed E-state index contributed by atoms with van der Waals surface area (Å²) in [5.41, 5.74) is 7.71. The van der Waals surface area contributed by atoms with Gasteiger partial charge in [0.15, 0.2) is 0 Å². The van der Waals surface area contributed by atoms with Gasteiger partial charge in [-0.15, -0.1) is 5.10 Å². The van der Waals surface area contributed by atoms with Crippen LogP contribution in [-0.2, 0) is 13.1 Å². The zero-order valence-electron chi connectivity index (χ0n) is 10.7. The quantitative estimate of drug-likeness (QED) is 0.754. The Kier molecular flexibility index (Phi) is 3.22. The van der Waals surface area contributed by atoms with E-state index in [0.29, 0.717) is 24.0 Å². The first-order valence-corrected chi connectivity index (χ1v) is 6.25. The van der Waals surface area contributed by atoms with E-state index < -0.39 is 0 Å². The van der Waals surface area contributed by atoms with Crippen LogP contribution < -0.4 is 11.3 Å². The van der Waals surface area contributed by atoms with Crippen LogP contribution in [0.3, 0.4) is 0 Å². The van der Waals surface area contributed by atoms with Gasteiger partial charge in [0.2, 0.25) is 0 Å². The number of rotatable bonds is 3. The van der Waals surface area contributed by atoms with Crippen molar-refractivity contribution in [1.29, 1.82) is 0 Å². The van der Waals surface area contributed by atoms with E-state index in [1.807, 2.05) is 24.3 Å². The van der Waals surface area contributed by atoms with Crippen molar-refractivity contribution in [2.75, 3.05) is 0 Å². The number of pyridine rings is 1. The molecule has 0 saturated carbocycles. The van der Waals surface area contributed by atoms with Crippen LogP contribution in [0.1, 0.15) is 11.3 Å². The van der Waals surface area contributed by atoms with Gasteiger partial charge in [-0.3, -0.25) is 9.78 Å². The third kappa shape index (κ3) is 2.17. The Hall–Kier alpha value is -2.60. The van der Waals surface area contributed by atoms with Crippen LogP contribution in [0.5, 0.6) is 0 Å². The highest BCUT2D eigenvalue weighted by Gasteiger charge is 2.08. The predicted octanol–water partition coefficient (Wildman–Crippen LogP) is 0.693. The molecule has 6 nitrogen and oxygen atoms in total. The lowest BCUT2D eigenvalue weighted by atomic mass is 10.2. The van der Waals surface area contributed by atoms with E-state index in [4.69, 9.17) is 5.73 Å². The molecule has 2 aromatic heterocycles. The lowest BCUT2D eigenvalue weighted by Crippen LogP contribution is -2.25. The molecule has 0 aliphatic heterocycles. The Morgan fingerprint density at radius 3 is 2.85 bits per heavy atom. The first-order valence-electron chi connectivity index (χ1n) is 6.25. The summed E-state index contributed by atoms with van der Waals surface area (Å²) in [5.74, 6) is 0. The van der Waals surface area contributed by atoms with Gasteiger partial charge in [0.1, 0.15) is 5.52 Å². The second kappa shape index (κ2) is 5.18. The highest BCUT2D eigenvalue weighted by molar-refractivity contribution is 5.76. The van der Waals surface area contributed by atoms with Crippen molar-refractivity contribution in [2.24, 2.45) is 5.73 Å². The molecule has 0 spiro atoms. The van der Waals surface area contributed by atoms with E-state index in [1.54, 1.807) is 18.3 Å². The fourth-order valence-electron chi connectivity index (χ4n) is 2.09. The smallest absolute Gasteiger partial charge is 0.277 e. The Morgan fingerprint density at radius 1 is 1.15 bits per heavy atom. The zero-order chi connectivity index (χ0) is 13.9. The summed E-state index contributed by atoms with van der Waals surface area (Å²) >= 11 is 0. The summed E-state index contributed by atoms with van der Waals surface area (Å²) in [6, 6.07) is 10.9. The molecule has 0 aliphatic rings. The molecule has 0 fully saturated rings. The van der Waals surface area contributed by atoms with Gasteiger partial charge in [-0.05, 0) is 23.8 Å². The Morgan fingerprint density at radius 2 is 2.00 bits per heavy atom. The molecule has 20 heavy (non-hydrogen) atoms. The van der Waals surface area contributed by atoms with Crippen molar-refractivity contribution in [3.8, 4) is 0 Å². The third-order valence-corrected chi connectivity index (χ3v) is 3.13. The minimum absolute atomic E-state index is 0.164. The first-order chi connectivity index (χ1) is 9.79. The van der Waals surface area contributed by atoms with E-state index in [-0.39, 0.29) is 5.56 Å². The number of aromatic nitrogens is 4. The van der Waals surface area contributed by atoms with Crippen LogP contribution in [0.15, 0.2) is 47.4 Å². The second-order valence-corrected chi connectivity index (χ2v) is 4.38. The van der Waals surface area contributed by atoms with Gasteiger partial charge >= 0.3 is 0 Å². The minimum Gasteiger partial charge on any atom is -0.325 e. The van der Waals surface area contributed by atoms with Crippen LogP contribution in [0.2, 0.25) is 0 Å². The Bertz CT molecular complexity index is 812. The molecule has 1 aromatic carbocycles. The number of benzene rings is 1. The number of hydrogen-bond acceptors (Lipinski definition) is 5. The largest absolute Gasteiger partial charge is 0.325 e. The van der Waals surface area contributed by atoms with Crippen molar-refractivity contribution < 1.29 is 0 Å². The van der Waals surface area contributed by atoms with Crippen LogP contribution >= 0.6 is 0 Å². The van der Waals surface area contributed by atoms with E-state index in [2.05, 4.69) is 15.3 Å². The lowest BCUT2D eigenvalue weighted by Gasteiger charge is -2.08. The third-order valence-electron chi connectivity index (χ3n) is 3.13. The van der Waals surface area contributed by atoms with Crippen molar-refractivity contribution in [3.05, 3.63) is 64.2 Å². The second-order valence-electron chi connectivity index (χ2n) is 4.38. The van der Waals surface area contributed by atoms with Crippen molar-refractivity contribution in [2.45, 2.75) is 13.1 Å². The SMILES string of the molecule is NCc1ncccc1Cn1nnc2ccccc2c1=O. The molecule has 100 valence electrons. The van der Waals surface area contributed by atoms with Crippen LogP contribution in [0, 0.1) is 0 Å². The molecular weight excluding hydrogens is 254 g/mol. The Balaban J connectivity index is 2.07. The standard InChI is InChI=1S/C14H13N5O/c15-8-13-10(4-3-7-16-13)9-19-14(20)11-5-1-2-6-12(11)17-18-19/h1-7H,8-9,15H2. The number of nitrogens with two attached hydrogens (primary N) is 1. The first kappa shape index (κ1) is 12.4. The fourth-order valence-corrected chi connectivity index (χ4v) is 2.09. The van der Waals surface area contributed by atoms with Gasteiger partial charge in [-0.1, -0.05) is 23.4 Å². The summed E-state index contributed by atoms with van der Waals surface area (Å²) in [6.45, 7) is 0.642. The maximum absolute atomic E-state index is 12.3. The van der Waals surface area contributed by atoms with Crippen LogP contribution in [0.25, 0.3) is 10.9 Å². The predicted molar refractivity (Wildman–Crippen MR) is 75.0 cm³/mol. The van der Waals surface area contributed by atoms with Gasteiger partial charge < -0.3 is 5.73 Å². The normalized spacial score (nSPS) is 10.8. The maximum Gasteiger partial charge on any atom is 0.277 e. The molecule has 0 amide bonds. The molecule has 0 unspecified atom stereocenters. The summed E-state index contributed by atoms with van der Waals surface area (Å²) < 4.78 is 1.33. The van der Waals surface area contributed by atoms with Crippen LogP contribution in [-0.4, -0.2) is 20.0 Å². The molecule has 2 N–H and O–H groups in total. The molecule has 2 heterocycles. The topological polar surface area (TPSA) is 86.7 Å². The average Bonchev–Trinajstić information content (AvgIpc) is 2.51. The van der Waals surface area contributed by atoms with Crippen LogP contribution in [0.4, 0.5) is 0 Å². The van der Waals surface area contributed by atoms with E-state index in [1.165, 1.54) is 4.68 Å². The monoisotopic (exact) mass is 267 g/mol. The highest BCUT2D eigenvalue weighted by Crippen LogP contribution is 2.07. The van der Waals surface area contributed by atoms with Gasteiger partial charge in [-0.2, -0.15) is 0 Å². The van der Waals surface area contributed by atoms with Gasteiger partial charge in [0.25, 0.3) is 5.56 Å². The van der Waals surface area contributed by atoms with Crippen molar-refractivity contribution >= 4 is 10.9 Å². The Labute approximate surface area is 114 Å². The molecule has 0 saturated heterocycles. The highest BCUT2D eigenvalue weighted by atomic mass is 16.1. The maximum atomic E-state index is 12.3. The number of fused-ring (bicyclic) bond motifs is 1.